The Balaban J connectivity index is 1.65. The van der Waals surface area contributed by atoms with Crippen LogP contribution in [-0.4, -0.2) is 20.2 Å². The van der Waals surface area contributed by atoms with Crippen LogP contribution in [0.1, 0.15) is 10.4 Å². The first-order valence-electron chi connectivity index (χ1n) is 5.90. The highest BCUT2D eigenvalue weighted by Gasteiger charge is 2.01. The van der Waals surface area contributed by atoms with Crippen LogP contribution in [0.5, 0.6) is 0 Å². The lowest BCUT2D eigenvalue weighted by atomic mass is 10.2. The third-order valence-corrected chi connectivity index (χ3v) is 3.67. The number of nitrogens with one attached hydrogen (secondary N) is 1. The van der Waals surface area contributed by atoms with E-state index >= 15 is 0 Å². The summed E-state index contributed by atoms with van der Waals surface area (Å²) in [4.78, 5) is 1.13. The fraction of sp³-hybridized carbons (Fsp3) is 0.0769. The second kappa shape index (κ2) is 5.50. The van der Waals surface area contributed by atoms with Crippen molar-refractivity contribution < 1.29 is 0 Å². The number of nitriles is 1. The average molecular weight is 282 g/mol. The molecular weight excluding hydrogens is 272 g/mol. The minimum absolute atomic E-state index is 0.705. The van der Waals surface area contributed by atoms with Crippen molar-refractivity contribution >= 4 is 17.0 Å². The molecule has 0 saturated heterocycles. The predicted molar refractivity (Wildman–Crippen MR) is 75.5 cm³/mol. The molecule has 2 aromatic heterocycles. The molecule has 3 aromatic rings. The molecular formula is C13H10N6S. The van der Waals surface area contributed by atoms with Crippen LogP contribution in [0.3, 0.4) is 0 Å². The lowest BCUT2D eigenvalue weighted by Crippen LogP contribution is -1.99. The molecule has 6 nitrogen and oxygen atoms in total. The van der Waals surface area contributed by atoms with Crippen LogP contribution in [0.4, 0.5) is 5.69 Å². The van der Waals surface area contributed by atoms with Crippen LogP contribution < -0.4 is 5.32 Å². The topological polar surface area (TPSA) is 79.4 Å². The van der Waals surface area contributed by atoms with Gasteiger partial charge in [-0.1, -0.05) is 0 Å². The number of aromatic nitrogens is 4. The lowest BCUT2D eigenvalue weighted by Gasteiger charge is -2.05. The molecule has 1 aromatic carbocycles. The van der Waals surface area contributed by atoms with E-state index in [4.69, 9.17) is 5.26 Å². The fourth-order valence-electron chi connectivity index (χ4n) is 1.73. The molecule has 0 radical (unpaired) electrons. The Kier molecular flexibility index (Phi) is 3.39. The van der Waals surface area contributed by atoms with Crippen molar-refractivity contribution in [3.05, 3.63) is 52.5 Å². The molecule has 1 N–H and O–H groups in total. The predicted octanol–water partition coefficient (Wildman–Crippen LogP) is 2.21. The monoisotopic (exact) mass is 282 g/mol. The summed E-state index contributed by atoms with van der Waals surface area (Å²) in [7, 11) is 0. The highest BCUT2D eigenvalue weighted by Crippen LogP contribution is 2.17. The Morgan fingerprint density at radius 2 is 2.15 bits per heavy atom. The van der Waals surface area contributed by atoms with Crippen molar-refractivity contribution in [1.29, 1.82) is 5.26 Å². The average Bonchev–Trinajstić information content (AvgIpc) is 3.17. The van der Waals surface area contributed by atoms with Gasteiger partial charge in [0.15, 0.2) is 0 Å². The molecule has 98 valence electrons. The highest BCUT2D eigenvalue weighted by molar-refractivity contribution is 7.10. The number of hydrogen-bond donors (Lipinski definition) is 1. The van der Waals surface area contributed by atoms with Gasteiger partial charge in [0.1, 0.15) is 12.4 Å². The Bertz CT molecular complexity index is 723. The molecule has 0 fully saturated rings. The molecule has 0 aliphatic rings. The molecule has 0 aliphatic carbocycles. The Hall–Kier alpha value is -2.72. The van der Waals surface area contributed by atoms with E-state index in [9.17, 15) is 0 Å². The SMILES string of the molecule is N#Cc1csc(CNc2ccc(-n3cnnn3)cc2)c1. The molecule has 7 heteroatoms. The number of benzene rings is 1. The van der Waals surface area contributed by atoms with Gasteiger partial charge in [-0.15, -0.1) is 16.4 Å². The number of rotatable bonds is 4. The van der Waals surface area contributed by atoms with Crippen molar-refractivity contribution in [3.8, 4) is 11.8 Å². The van der Waals surface area contributed by atoms with Crippen molar-refractivity contribution in [2.45, 2.75) is 6.54 Å². The number of thiophene rings is 1. The van der Waals surface area contributed by atoms with Gasteiger partial charge in [-0.3, -0.25) is 0 Å². The van der Waals surface area contributed by atoms with E-state index in [2.05, 4.69) is 26.9 Å². The maximum Gasteiger partial charge on any atom is 0.143 e. The van der Waals surface area contributed by atoms with Gasteiger partial charge in [0.05, 0.1) is 11.3 Å². The quantitative estimate of drug-likeness (QED) is 0.793. The van der Waals surface area contributed by atoms with Gasteiger partial charge < -0.3 is 5.32 Å². The zero-order valence-corrected chi connectivity index (χ0v) is 11.2. The van der Waals surface area contributed by atoms with Gasteiger partial charge in [-0.2, -0.15) is 5.26 Å². The van der Waals surface area contributed by atoms with Crippen LogP contribution in [-0.2, 0) is 6.54 Å². The Morgan fingerprint density at radius 1 is 1.30 bits per heavy atom. The second-order valence-electron chi connectivity index (χ2n) is 4.07. The van der Waals surface area contributed by atoms with Crippen LogP contribution in [0.25, 0.3) is 5.69 Å². The first kappa shape index (κ1) is 12.3. The Morgan fingerprint density at radius 3 is 2.80 bits per heavy atom. The van der Waals surface area contributed by atoms with Gasteiger partial charge in [-0.25, -0.2) is 4.68 Å². The minimum Gasteiger partial charge on any atom is -0.380 e. The summed E-state index contributed by atoms with van der Waals surface area (Å²) in [6, 6.07) is 11.8. The van der Waals surface area contributed by atoms with Gasteiger partial charge in [-0.05, 0) is 40.8 Å². The largest absolute Gasteiger partial charge is 0.380 e. The summed E-state index contributed by atoms with van der Waals surface area (Å²) < 4.78 is 1.60. The zero-order valence-electron chi connectivity index (χ0n) is 10.4. The molecule has 0 bridgehead atoms. The van der Waals surface area contributed by atoms with Crippen molar-refractivity contribution in [2.24, 2.45) is 0 Å². The normalized spacial score (nSPS) is 10.2. The molecule has 20 heavy (non-hydrogen) atoms. The number of hydrogen-bond acceptors (Lipinski definition) is 6. The van der Waals surface area contributed by atoms with E-state index in [-0.39, 0.29) is 0 Å². The lowest BCUT2D eigenvalue weighted by molar-refractivity contribution is 0.789. The molecule has 2 heterocycles. The van der Waals surface area contributed by atoms with Gasteiger partial charge in [0.25, 0.3) is 0 Å². The summed E-state index contributed by atoms with van der Waals surface area (Å²) in [6.45, 7) is 0.705. The van der Waals surface area contributed by atoms with Crippen LogP contribution in [0.2, 0.25) is 0 Å². The fourth-order valence-corrected chi connectivity index (χ4v) is 2.48. The highest BCUT2D eigenvalue weighted by atomic mass is 32.1. The molecule has 0 amide bonds. The van der Waals surface area contributed by atoms with Crippen LogP contribution in [0.15, 0.2) is 42.0 Å². The van der Waals surface area contributed by atoms with Crippen molar-refractivity contribution in [1.82, 2.24) is 20.2 Å². The van der Waals surface area contributed by atoms with Gasteiger partial charge >= 0.3 is 0 Å². The Labute approximate surface area is 119 Å². The van der Waals surface area contributed by atoms with E-state index in [0.29, 0.717) is 12.1 Å². The molecule has 0 saturated carbocycles. The minimum atomic E-state index is 0.705. The molecule has 0 spiro atoms. The number of anilines is 1. The number of tetrazole rings is 1. The van der Waals surface area contributed by atoms with E-state index in [0.717, 1.165) is 16.3 Å². The molecule has 0 aliphatic heterocycles. The maximum atomic E-state index is 8.78. The third kappa shape index (κ3) is 2.65. The van der Waals surface area contributed by atoms with Gasteiger partial charge in [0.2, 0.25) is 0 Å². The van der Waals surface area contributed by atoms with Gasteiger partial charge in [0, 0.05) is 22.5 Å². The van der Waals surface area contributed by atoms with Crippen LogP contribution in [0, 0.1) is 11.3 Å². The summed E-state index contributed by atoms with van der Waals surface area (Å²) >= 11 is 1.58. The smallest absolute Gasteiger partial charge is 0.143 e. The zero-order chi connectivity index (χ0) is 13.8. The first-order chi connectivity index (χ1) is 9.85. The van der Waals surface area contributed by atoms with E-state index in [1.165, 1.54) is 0 Å². The third-order valence-electron chi connectivity index (χ3n) is 2.73. The number of nitrogens with zero attached hydrogens (tertiary/aromatic N) is 5. The van der Waals surface area contributed by atoms with Crippen molar-refractivity contribution in [2.75, 3.05) is 5.32 Å². The van der Waals surface area contributed by atoms with E-state index < -0.39 is 0 Å². The molecule has 3 rings (SSSR count). The standard InChI is InChI=1S/C13H10N6S/c14-6-10-5-13(20-8-10)7-15-11-1-3-12(4-2-11)19-9-16-17-18-19/h1-5,8-9,15H,7H2. The maximum absolute atomic E-state index is 8.78. The first-order valence-corrected chi connectivity index (χ1v) is 6.78. The molecule has 0 atom stereocenters. The summed E-state index contributed by atoms with van der Waals surface area (Å²) in [6.07, 6.45) is 1.55. The van der Waals surface area contributed by atoms with Crippen molar-refractivity contribution in [3.63, 3.8) is 0 Å². The summed E-state index contributed by atoms with van der Waals surface area (Å²) in [5.41, 5.74) is 2.62. The van der Waals surface area contributed by atoms with E-state index in [1.54, 1.807) is 22.3 Å². The molecule has 0 unspecified atom stereocenters. The second-order valence-corrected chi connectivity index (χ2v) is 5.06. The van der Waals surface area contributed by atoms with E-state index in [1.807, 2.05) is 35.7 Å². The van der Waals surface area contributed by atoms with Crippen LogP contribution >= 0.6 is 11.3 Å². The summed E-state index contributed by atoms with van der Waals surface area (Å²) in [5, 5.41) is 25.0. The summed E-state index contributed by atoms with van der Waals surface area (Å²) in [5.74, 6) is 0.